The Labute approximate surface area is 405 Å². The van der Waals surface area contributed by atoms with E-state index in [1.54, 1.807) is 55.1 Å². The Bertz CT molecular complexity index is 2440. The molecule has 2 aliphatic heterocycles. The van der Waals surface area contributed by atoms with Crippen LogP contribution in [-0.4, -0.2) is 110 Å². The molecule has 0 spiro atoms. The minimum absolute atomic E-state index is 0.00348. The molecule has 4 aromatic heterocycles. The number of ether oxygens (including phenoxy) is 2. The summed E-state index contributed by atoms with van der Waals surface area (Å²) in [4.78, 5) is 60.3. The van der Waals surface area contributed by atoms with Crippen LogP contribution in [0.1, 0.15) is 75.2 Å². The predicted octanol–water partition coefficient (Wildman–Crippen LogP) is 6.00. The van der Waals surface area contributed by atoms with Crippen LogP contribution < -0.4 is 16.2 Å². The number of fused-ring (bicyclic) bond motifs is 2. The van der Waals surface area contributed by atoms with Crippen LogP contribution in [0.15, 0.2) is 66.8 Å². The van der Waals surface area contributed by atoms with Gasteiger partial charge in [-0.25, -0.2) is 19.9 Å². The van der Waals surface area contributed by atoms with E-state index in [4.69, 9.17) is 47.2 Å². The summed E-state index contributed by atoms with van der Waals surface area (Å²) >= 11 is 5.06. The molecular weight excluding hydrogens is 967 g/mol. The molecule has 5 aromatic rings. The van der Waals surface area contributed by atoms with Crippen LogP contribution in [0.4, 0.5) is 11.8 Å². The maximum absolute atomic E-state index is 12.3. The van der Waals surface area contributed by atoms with Crippen molar-refractivity contribution >= 4 is 89.8 Å². The molecule has 6 N–H and O–H groups in total. The lowest BCUT2D eigenvalue weighted by Gasteiger charge is -2.15. The SMILES string of the molecule is C=CCOPOCCC#N.CC(C)C(=O)Nc1nc2c(ncn2C2CCC(COPOCCC#N)O2)c(=O)[nH]1.O=C(Nc1ncnc2c1ncn2C1CCC(CO)O1)c1ccccc1.OS.OS. The van der Waals surface area contributed by atoms with Crippen molar-refractivity contribution in [2.45, 2.75) is 77.0 Å². The first-order chi connectivity index (χ1) is 33.2. The van der Waals surface area contributed by atoms with Gasteiger partial charge in [0.2, 0.25) is 11.9 Å². The fourth-order valence-electron chi connectivity index (χ4n) is 6.00. The first-order valence-corrected chi connectivity index (χ1v) is 23.1. The number of amides is 2. The average Bonchev–Trinajstić information content (AvgIpc) is 4.21. The minimum Gasteiger partial charge on any atom is -0.394 e. The number of aromatic amines is 1. The number of hydrogen-bond donors (Lipinski definition) is 8. The van der Waals surface area contributed by atoms with E-state index in [0.29, 0.717) is 73.9 Å². The molecule has 2 saturated heterocycles. The molecule has 6 heterocycles. The number of carbonyl (C=O) groups excluding carboxylic acids is 2. The normalized spacial score (nSPS) is 17.3. The maximum atomic E-state index is 12.3. The fraction of sp³-hybridized carbons (Fsp3) is 0.450. The van der Waals surface area contributed by atoms with Gasteiger partial charge < -0.3 is 47.1 Å². The second-order valence-corrected chi connectivity index (χ2v) is 15.6. The average molecular weight is 1020 g/mol. The van der Waals surface area contributed by atoms with Gasteiger partial charge in [-0.2, -0.15) is 15.5 Å². The summed E-state index contributed by atoms with van der Waals surface area (Å²) in [5, 5.41) is 31.1. The fourth-order valence-corrected chi connectivity index (χ4v) is 6.98. The highest BCUT2D eigenvalue weighted by atomic mass is 32.1. The summed E-state index contributed by atoms with van der Waals surface area (Å²) in [5.74, 6) is -0.311. The van der Waals surface area contributed by atoms with E-state index in [-0.39, 0.29) is 78.5 Å². The Morgan fingerprint density at radius 1 is 0.882 bits per heavy atom. The van der Waals surface area contributed by atoms with Gasteiger partial charge in [0.25, 0.3) is 11.5 Å². The van der Waals surface area contributed by atoms with Gasteiger partial charge in [-0.15, -0.1) is 6.58 Å². The highest BCUT2D eigenvalue weighted by Crippen LogP contribution is 2.33. The van der Waals surface area contributed by atoms with Gasteiger partial charge in [0.05, 0.1) is 82.9 Å². The molecule has 6 atom stereocenters. The lowest BCUT2D eigenvalue weighted by atomic mass is 10.2. The van der Waals surface area contributed by atoms with Crippen molar-refractivity contribution in [2.75, 3.05) is 43.7 Å². The number of anilines is 2. The van der Waals surface area contributed by atoms with Gasteiger partial charge in [-0.3, -0.25) is 33.8 Å². The Morgan fingerprint density at radius 2 is 1.49 bits per heavy atom. The van der Waals surface area contributed by atoms with Crippen LogP contribution in [0.25, 0.3) is 22.3 Å². The number of carbonyl (C=O) groups is 2. The standard InChI is InChI=1S/C17H23N6O5P.C17H17N5O3.C6H10NO2P.2H2OS/c1-10(2)15(24)21-17-20-14-13(16(25)22-17)19-9-23(14)12-5-4-11(28-12)8-27-29-26-7-3-6-18;23-8-12-6-7-13(25-12)22-10-20-14-15(18-9-19-16(14)22)21-17(24)11-4-2-1-3-5-11;1-2-5-8-10-9-6-3-4-7;2*1-2/h9-12,29H,3-5,7-8H2,1-2H3,(H2,20,21,22,24,25);1-5,9-10,12-13,23H,6-8H2,(H,18,19,21,24);2,10H,1,3,5-6H2;2*1-2H. The third-order valence-corrected chi connectivity index (χ3v) is 10.4. The van der Waals surface area contributed by atoms with Crippen LogP contribution in [0, 0.1) is 28.6 Å². The number of benzene rings is 1. The molecule has 368 valence electrons. The highest BCUT2D eigenvalue weighted by Gasteiger charge is 2.30. The quantitative estimate of drug-likeness (QED) is 0.0154. The zero-order valence-electron chi connectivity index (χ0n) is 37.0. The molecule has 0 radical (unpaired) electrons. The summed E-state index contributed by atoms with van der Waals surface area (Å²) in [6.07, 6.45) is 9.12. The van der Waals surface area contributed by atoms with Gasteiger partial charge in [0.1, 0.15) is 18.8 Å². The summed E-state index contributed by atoms with van der Waals surface area (Å²) < 4.78 is 49.1. The number of aliphatic hydroxyl groups excluding tert-OH is 1. The molecule has 1 aromatic carbocycles. The Balaban J connectivity index is 0.000000286. The number of thiol groups is 2. The van der Waals surface area contributed by atoms with Crippen molar-refractivity contribution in [3.05, 3.63) is 77.9 Å². The molecule has 2 fully saturated rings. The van der Waals surface area contributed by atoms with E-state index >= 15 is 0 Å². The highest BCUT2D eigenvalue weighted by molar-refractivity contribution is 7.74. The third kappa shape index (κ3) is 18.1. The van der Waals surface area contributed by atoms with E-state index < -0.39 is 5.56 Å². The molecule has 24 nitrogen and oxygen atoms in total. The van der Waals surface area contributed by atoms with E-state index in [1.807, 2.05) is 22.8 Å². The Kier molecular flexibility index (Phi) is 27.5. The van der Waals surface area contributed by atoms with Crippen LogP contribution in [0.5, 0.6) is 0 Å². The van der Waals surface area contributed by atoms with Crippen LogP contribution in [0.3, 0.4) is 0 Å². The number of aromatic nitrogens is 8. The van der Waals surface area contributed by atoms with E-state index in [0.717, 1.165) is 19.3 Å². The first-order valence-electron chi connectivity index (χ1n) is 20.6. The van der Waals surface area contributed by atoms with Crippen molar-refractivity contribution in [2.24, 2.45) is 5.92 Å². The number of hydrogen-bond acceptors (Lipinski definition) is 21. The molecule has 68 heavy (non-hydrogen) atoms. The van der Waals surface area contributed by atoms with Crippen molar-refractivity contribution in [1.82, 2.24) is 39.0 Å². The Hall–Kier alpha value is -5.02. The zero-order valence-corrected chi connectivity index (χ0v) is 40.8. The van der Waals surface area contributed by atoms with Crippen molar-refractivity contribution < 1.29 is 51.4 Å². The van der Waals surface area contributed by atoms with Gasteiger partial charge in [-0.1, -0.05) is 38.1 Å². The van der Waals surface area contributed by atoms with Crippen molar-refractivity contribution in [1.29, 1.82) is 10.5 Å². The second kappa shape index (κ2) is 32.7. The van der Waals surface area contributed by atoms with Crippen molar-refractivity contribution in [3.63, 3.8) is 0 Å². The van der Waals surface area contributed by atoms with Crippen LogP contribution >= 0.6 is 43.9 Å². The number of imidazole rings is 2. The van der Waals surface area contributed by atoms with Crippen LogP contribution in [0.2, 0.25) is 0 Å². The number of aliphatic hydroxyl groups is 1. The molecule has 0 aliphatic carbocycles. The first kappa shape index (κ1) is 57.3. The monoisotopic (exact) mass is 1020 g/mol. The second-order valence-electron chi connectivity index (χ2n) is 14.1. The summed E-state index contributed by atoms with van der Waals surface area (Å²) in [7, 11) is -0.112. The summed E-state index contributed by atoms with van der Waals surface area (Å²) in [6, 6.07) is 12.9. The molecule has 0 bridgehead atoms. The largest absolute Gasteiger partial charge is 0.394 e. The zero-order chi connectivity index (χ0) is 49.7. The smallest absolute Gasteiger partial charge is 0.280 e. The number of nitriles is 2. The third-order valence-electron chi connectivity index (χ3n) is 9.16. The maximum Gasteiger partial charge on any atom is 0.280 e. The lowest BCUT2D eigenvalue weighted by Crippen LogP contribution is -2.22. The molecule has 0 saturated carbocycles. The molecule has 2 aliphatic rings. The molecule has 28 heteroatoms. The minimum atomic E-state index is -0.429. The number of H-pyrrole nitrogens is 1. The predicted molar refractivity (Wildman–Crippen MR) is 259 cm³/mol. The van der Waals surface area contributed by atoms with Gasteiger partial charge in [0.15, 0.2) is 46.2 Å². The van der Waals surface area contributed by atoms with Gasteiger partial charge in [-0.05, 0) is 63.6 Å². The molecule has 7 rings (SSSR count). The van der Waals surface area contributed by atoms with Gasteiger partial charge >= 0.3 is 0 Å². The molecular formula is C40H54N12O12P2S2. The summed E-state index contributed by atoms with van der Waals surface area (Å²) in [5.41, 5.74) is 1.73. The van der Waals surface area contributed by atoms with Crippen molar-refractivity contribution in [3.8, 4) is 12.1 Å². The van der Waals surface area contributed by atoms with E-state index in [1.165, 1.54) is 12.7 Å². The number of nitrogens with one attached hydrogen (secondary N) is 3. The van der Waals surface area contributed by atoms with Gasteiger partial charge in [0, 0.05) is 11.5 Å². The molecule has 2 amide bonds. The lowest BCUT2D eigenvalue weighted by molar-refractivity contribution is -0.118. The Morgan fingerprint density at radius 3 is 2.09 bits per heavy atom. The molecule has 6 unspecified atom stereocenters. The summed E-state index contributed by atoms with van der Waals surface area (Å²) in [6.45, 7) is 8.64. The topological polar surface area (TPSA) is 329 Å². The number of nitrogens with zero attached hydrogens (tertiary/aromatic N) is 9. The van der Waals surface area contributed by atoms with E-state index in [9.17, 15) is 19.5 Å². The van der Waals surface area contributed by atoms with E-state index in [2.05, 4.69) is 72.9 Å². The number of rotatable bonds is 19. The van der Waals surface area contributed by atoms with Crippen LogP contribution in [-0.2, 0) is 32.4 Å².